The van der Waals surface area contributed by atoms with Crippen LogP contribution in [0.15, 0.2) is 41.8 Å². The number of fused-ring (bicyclic) bond motifs is 1. The van der Waals surface area contributed by atoms with Crippen LogP contribution in [0.25, 0.3) is 19.8 Å². The van der Waals surface area contributed by atoms with E-state index in [0.717, 1.165) is 0 Å². The summed E-state index contributed by atoms with van der Waals surface area (Å²) in [7, 11) is -1.36. The molecule has 0 fully saturated rings. The van der Waals surface area contributed by atoms with Gasteiger partial charge in [-0.1, -0.05) is 49.8 Å². The Balaban J connectivity index is 2.26. The zero-order chi connectivity index (χ0) is 14.2. The molecule has 0 nitrogen and oxygen atoms in total. The minimum atomic E-state index is -1.36. The van der Waals surface area contributed by atoms with Gasteiger partial charge in [0.1, 0.15) is 8.07 Å². The molecule has 0 bridgehead atoms. The standard InChI is InChI=1S/C17H16S2Si/c1-20(2,3)12-10-14-13-7-4-5-8-15(13)19-17(14)16-9-6-11-18-16/h4-9,11H,1-3H3. The molecule has 0 saturated heterocycles. The minimum absolute atomic E-state index is 1.22. The molecular weight excluding hydrogens is 296 g/mol. The first-order valence-electron chi connectivity index (χ1n) is 6.63. The molecule has 100 valence electrons. The van der Waals surface area contributed by atoms with E-state index in [1.165, 1.54) is 25.4 Å². The minimum Gasteiger partial charge on any atom is -0.143 e. The van der Waals surface area contributed by atoms with Crippen molar-refractivity contribution in [3.8, 4) is 21.2 Å². The Morgan fingerprint density at radius 2 is 1.80 bits per heavy atom. The van der Waals surface area contributed by atoms with Crippen LogP contribution in [0.4, 0.5) is 0 Å². The van der Waals surface area contributed by atoms with E-state index in [9.17, 15) is 0 Å². The van der Waals surface area contributed by atoms with E-state index in [1.54, 1.807) is 11.3 Å². The van der Waals surface area contributed by atoms with Crippen LogP contribution in [0.2, 0.25) is 19.6 Å². The van der Waals surface area contributed by atoms with Crippen molar-refractivity contribution in [2.45, 2.75) is 19.6 Å². The quantitative estimate of drug-likeness (QED) is 0.390. The Morgan fingerprint density at radius 3 is 2.50 bits per heavy atom. The number of hydrogen-bond acceptors (Lipinski definition) is 2. The zero-order valence-electron chi connectivity index (χ0n) is 11.9. The summed E-state index contributed by atoms with van der Waals surface area (Å²) in [5.74, 6) is 3.49. The first-order valence-corrected chi connectivity index (χ1v) is 11.8. The molecule has 20 heavy (non-hydrogen) atoms. The summed E-state index contributed by atoms with van der Waals surface area (Å²) in [4.78, 5) is 2.65. The van der Waals surface area contributed by atoms with Gasteiger partial charge in [-0.05, 0) is 17.5 Å². The van der Waals surface area contributed by atoms with Crippen molar-refractivity contribution < 1.29 is 0 Å². The predicted molar refractivity (Wildman–Crippen MR) is 95.4 cm³/mol. The monoisotopic (exact) mass is 312 g/mol. The van der Waals surface area contributed by atoms with Gasteiger partial charge in [-0.25, -0.2) is 0 Å². The summed E-state index contributed by atoms with van der Waals surface area (Å²) in [6.07, 6.45) is 0. The van der Waals surface area contributed by atoms with Crippen LogP contribution < -0.4 is 0 Å². The number of hydrogen-bond donors (Lipinski definition) is 0. The lowest BCUT2D eigenvalue weighted by atomic mass is 10.1. The van der Waals surface area contributed by atoms with Crippen LogP contribution in [0.5, 0.6) is 0 Å². The fourth-order valence-electron chi connectivity index (χ4n) is 2.00. The second-order valence-corrected chi connectivity index (χ2v) is 12.5. The van der Waals surface area contributed by atoms with E-state index in [2.05, 4.69) is 72.9 Å². The molecule has 3 heteroatoms. The Bertz CT molecular complexity index is 793. The maximum atomic E-state index is 3.52. The SMILES string of the molecule is C[Si](C)(C)C#Cc1c(-c2cccs2)sc2ccccc12. The van der Waals surface area contributed by atoms with E-state index in [4.69, 9.17) is 0 Å². The lowest BCUT2D eigenvalue weighted by Gasteiger charge is -2.03. The molecule has 3 aromatic rings. The fourth-order valence-corrected chi connectivity index (χ4v) is 4.52. The molecule has 0 saturated carbocycles. The molecule has 0 aliphatic rings. The molecule has 0 amide bonds. The molecule has 2 aromatic heterocycles. The van der Waals surface area contributed by atoms with Crippen LogP contribution in [0.1, 0.15) is 5.56 Å². The topological polar surface area (TPSA) is 0 Å². The fraction of sp³-hybridized carbons (Fsp3) is 0.176. The van der Waals surface area contributed by atoms with Gasteiger partial charge >= 0.3 is 0 Å². The maximum absolute atomic E-state index is 3.52. The Morgan fingerprint density at radius 1 is 1.00 bits per heavy atom. The normalized spacial score (nSPS) is 11.3. The van der Waals surface area contributed by atoms with Gasteiger partial charge in [0.2, 0.25) is 0 Å². The highest BCUT2D eigenvalue weighted by atomic mass is 32.1. The summed E-state index contributed by atoms with van der Waals surface area (Å²) in [5.41, 5.74) is 4.74. The van der Waals surface area contributed by atoms with Gasteiger partial charge in [0, 0.05) is 15.0 Å². The Kier molecular flexibility index (Phi) is 3.55. The molecule has 0 N–H and O–H groups in total. The van der Waals surface area contributed by atoms with Crippen LogP contribution in [-0.2, 0) is 0 Å². The highest BCUT2D eigenvalue weighted by molar-refractivity contribution is 7.26. The zero-order valence-corrected chi connectivity index (χ0v) is 14.5. The summed E-state index contributed by atoms with van der Waals surface area (Å²) in [6, 6.07) is 12.9. The first-order chi connectivity index (χ1) is 9.54. The molecule has 3 rings (SSSR count). The van der Waals surface area contributed by atoms with Gasteiger partial charge < -0.3 is 0 Å². The highest BCUT2D eigenvalue weighted by Crippen LogP contribution is 2.39. The lowest BCUT2D eigenvalue weighted by molar-refractivity contribution is 1.79. The van der Waals surface area contributed by atoms with Crippen molar-refractivity contribution in [3.63, 3.8) is 0 Å². The first kappa shape index (κ1) is 13.6. The van der Waals surface area contributed by atoms with E-state index >= 15 is 0 Å². The van der Waals surface area contributed by atoms with Gasteiger partial charge in [-0.3, -0.25) is 0 Å². The molecule has 2 heterocycles. The average Bonchev–Trinajstić information content (AvgIpc) is 3.02. The van der Waals surface area contributed by atoms with Crippen molar-refractivity contribution in [3.05, 3.63) is 47.3 Å². The third-order valence-electron chi connectivity index (χ3n) is 2.90. The second-order valence-electron chi connectivity index (χ2n) is 5.78. The van der Waals surface area contributed by atoms with Gasteiger partial charge in [-0.15, -0.1) is 28.2 Å². The average molecular weight is 313 g/mol. The van der Waals surface area contributed by atoms with Crippen molar-refractivity contribution in [2.24, 2.45) is 0 Å². The molecule has 0 aliphatic heterocycles. The molecule has 1 aromatic carbocycles. The van der Waals surface area contributed by atoms with Crippen molar-refractivity contribution in [1.29, 1.82) is 0 Å². The van der Waals surface area contributed by atoms with E-state index in [1.807, 2.05) is 11.3 Å². The Hall–Kier alpha value is -1.34. The highest BCUT2D eigenvalue weighted by Gasteiger charge is 2.14. The predicted octanol–water partition coefficient (Wildman–Crippen LogP) is 5.86. The largest absolute Gasteiger partial charge is 0.143 e. The molecule has 0 spiro atoms. The summed E-state index contributed by atoms with van der Waals surface area (Å²) < 4.78 is 1.33. The lowest BCUT2D eigenvalue weighted by Crippen LogP contribution is -2.16. The summed E-state index contributed by atoms with van der Waals surface area (Å²) in [5, 5.41) is 3.43. The summed E-state index contributed by atoms with van der Waals surface area (Å²) in [6.45, 7) is 6.87. The van der Waals surface area contributed by atoms with Crippen LogP contribution in [0.3, 0.4) is 0 Å². The van der Waals surface area contributed by atoms with Crippen LogP contribution >= 0.6 is 22.7 Å². The molecule has 0 atom stereocenters. The van der Waals surface area contributed by atoms with E-state index in [0.29, 0.717) is 0 Å². The molecule has 0 aliphatic carbocycles. The maximum Gasteiger partial charge on any atom is 0.129 e. The second kappa shape index (κ2) is 5.21. The molecular formula is C17H16S2Si. The van der Waals surface area contributed by atoms with Crippen LogP contribution in [0, 0.1) is 11.5 Å². The van der Waals surface area contributed by atoms with Crippen LogP contribution in [-0.4, -0.2) is 8.07 Å². The van der Waals surface area contributed by atoms with Gasteiger partial charge in [0.15, 0.2) is 0 Å². The summed E-state index contributed by atoms with van der Waals surface area (Å²) >= 11 is 3.65. The smallest absolute Gasteiger partial charge is 0.129 e. The number of benzene rings is 1. The van der Waals surface area contributed by atoms with E-state index < -0.39 is 8.07 Å². The van der Waals surface area contributed by atoms with Crippen molar-refractivity contribution in [1.82, 2.24) is 0 Å². The molecule has 0 unspecified atom stereocenters. The van der Waals surface area contributed by atoms with Gasteiger partial charge in [0.05, 0.1) is 10.4 Å². The third-order valence-corrected chi connectivity index (χ3v) is 6.00. The number of thiophene rings is 2. The van der Waals surface area contributed by atoms with Crippen molar-refractivity contribution >= 4 is 40.8 Å². The molecule has 0 radical (unpaired) electrons. The van der Waals surface area contributed by atoms with Crippen molar-refractivity contribution in [2.75, 3.05) is 0 Å². The van der Waals surface area contributed by atoms with Gasteiger partial charge in [0.25, 0.3) is 0 Å². The third kappa shape index (κ3) is 2.73. The number of rotatable bonds is 1. The van der Waals surface area contributed by atoms with Gasteiger partial charge in [-0.2, -0.15) is 0 Å². The Labute approximate surface area is 129 Å². The van der Waals surface area contributed by atoms with E-state index in [-0.39, 0.29) is 0 Å².